The maximum atomic E-state index is 12.5. The van der Waals surface area contributed by atoms with Crippen LogP contribution >= 0.6 is 23.3 Å². The van der Waals surface area contributed by atoms with Crippen molar-refractivity contribution in [1.82, 2.24) is 18.3 Å². The molecular formula is C16H10ClN5O2S. The lowest BCUT2D eigenvalue weighted by Crippen LogP contribution is -2.28. The van der Waals surface area contributed by atoms with Gasteiger partial charge in [-0.1, -0.05) is 17.7 Å². The molecule has 0 fully saturated rings. The van der Waals surface area contributed by atoms with Gasteiger partial charge in [0.25, 0.3) is 5.56 Å². The third-order valence-electron chi connectivity index (χ3n) is 3.66. The molecule has 0 aliphatic rings. The van der Waals surface area contributed by atoms with Crippen LogP contribution < -0.4 is 10.9 Å². The summed E-state index contributed by atoms with van der Waals surface area (Å²) in [5.41, 5.74) is 2.10. The first kappa shape index (κ1) is 15.7. The Morgan fingerprint density at radius 1 is 1.20 bits per heavy atom. The van der Waals surface area contributed by atoms with E-state index in [1.807, 2.05) is 6.07 Å². The highest BCUT2D eigenvalue weighted by molar-refractivity contribution is 7.00. The predicted octanol–water partition coefficient (Wildman–Crippen LogP) is 2.69. The standard InChI is InChI=1S/C16H10ClN5O2S/c17-9-4-5-11-10(6-9)16(24)22(8-18-11)7-14(23)19-12-2-1-3-13-15(12)21-25-20-13/h1-6,8H,7H2,(H,19,23). The molecule has 0 saturated heterocycles. The number of aromatic nitrogens is 4. The highest BCUT2D eigenvalue weighted by Gasteiger charge is 2.11. The molecular weight excluding hydrogens is 362 g/mol. The summed E-state index contributed by atoms with van der Waals surface area (Å²) >= 11 is 7.01. The second kappa shape index (κ2) is 6.23. The zero-order valence-electron chi connectivity index (χ0n) is 12.6. The molecule has 4 rings (SSSR count). The Morgan fingerprint density at radius 2 is 2.08 bits per heavy atom. The molecule has 124 valence electrons. The van der Waals surface area contributed by atoms with Crippen molar-refractivity contribution in [2.75, 3.05) is 5.32 Å². The Morgan fingerprint density at radius 3 is 2.96 bits per heavy atom. The lowest BCUT2D eigenvalue weighted by Gasteiger charge is -2.08. The van der Waals surface area contributed by atoms with Crippen molar-refractivity contribution in [3.8, 4) is 0 Å². The first-order valence-electron chi connectivity index (χ1n) is 7.28. The van der Waals surface area contributed by atoms with Gasteiger partial charge in [-0.2, -0.15) is 8.75 Å². The quantitative estimate of drug-likeness (QED) is 0.598. The summed E-state index contributed by atoms with van der Waals surface area (Å²) in [5.74, 6) is -0.356. The number of carbonyl (C=O) groups excluding carboxylic acids is 1. The zero-order valence-corrected chi connectivity index (χ0v) is 14.2. The van der Waals surface area contributed by atoms with E-state index >= 15 is 0 Å². The SMILES string of the molecule is O=C(Cn1cnc2ccc(Cl)cc2c1=O)Nc1cccc2nsnc12. The van der Waals surface area contributed by atoms with Crippen LogP contribution in [-0.2, 0) is 11.3 Å². The molecule has 0 bridgehead atoms. The van der Waals surface area contributed by atoms with Gasteiger partial charge in [0.1, 0.15) is 17.6 Å². The summed E-state index contributed by atoms with van der Waals surface area (Å²) in [6.45, 7) is -0.164. The van der Waals surface area contributed by atoms with Crippen LogP contribution in [0.5, 0.6) is 0 Å². The van der Waals surface area contributed by atoms with Crippen molar-refractivity contribution >= 4 is 56.9 Å². The van der Waals surface area contributed by atoms with Crippen molar-refractivity contribution in [2.45, 2.75) is 6.54 Å². The van der Waals surface area contributed by atoms with Gasteiger partial charge in [0.15, 0.2) is 0 Å². The van der Waals surface area contributed by atoms with Crippen LogP contribution in [0.1, 0.15) is 0 Å². The summed E-state index contributed by atoms with van der Waals surface area (Å²) in [5, 5.41) is 3.57. The summed E-state index contributed by atoms with van der Waals surface area (Å²) in [6, 6.07) is 10.2. The fourth-order valence-electron chi connectivity index (χ4n) is 2.50. The molecule has 0 aliphatic carbocycles. The second-order valence-corrected chi connectivity index (χ2v) is 6.29. The molecule has 0 unspecified atom stereocenters. The van der Waals surface area contributed by atoms with Crippen LogP contribution in [0.25, 0.3) is 21.9 Å². The van der Waals surface area contributed by atoms with E-state index in [1.165, 1.54) is 10.9 Å². The molecule has 0 saturated carbocycles. The number of hydrogen-bond donors (Lipinski definition) is 1. The van der Waals surface area contributed by atoms with E-state index < -0.39 is 0 Å². The first-order chi connectivity index (χ1) is 12.1. The van der Waals surface area contributed by atoms with E-state index in [1.54, 1.807) is 30.3 Å². The maximum Gasteiger partial charge on any atom is 0.261 e. The van der Waals surface area contributed by atoms with Crippen LogP contribution in [0, 0.1) is 0 Å². The van der Waals surface area contributed by atoms with E-state index in [4.69, 9.17) is 11.6 Å². The molecule has 2 aromatic carbocycles. The highest BCUT2D eigenvalue weighted by atomic mass is 35.5. The minimum atomic E-state index is -0.356. The average molecular weight is 372 g/mol. The number of rotatable bonds is 3. The second-order valence-electron chi connectivity index (χ2n) is 5.32. The number of fused-ring (bicyclic) bond motifs is 2. The van der Waals surface area contributed by atoms with E-state index in [9.17, 15) is 9.59 Å². The topological polar surface area (TPSA) is 89.8 Å². The summed E-state index contributed by atoms with van der Waals surface area (Å²) in [4.78, 5) is 29.0. The van der Waals surface area contributed by atoms with Crippen molar-refractivity contribution in [3.63, 3.8) is 0 Å². The highest BCUT2D eigenvalue weighted by Crippen LogP contribution is 2.21. The Labute approximate surface area is 150 Å². The molecule has 4 aromatic rings. The smallest absolute Gasteiger partial charge is 0.261 e. The molecule has 1 amide bonds. The van der Waals surface area contributed by atoms with Crippen LogP contribution in [0.2, 0.25) is 5.02 Å². The minimum absolute atomic E-state index is 0.164. The van der Waals surface area contributed by atoms with Gasteiger partial charge in [0, 0.05) is 5.02 Å². The maximum absolute atomic E-state index is 12.5. The molecule has 9 heteroatoms. The predicted molar refractivity (Wildman–Crippen MR) is 97.1 cm³/mol. The summed E-state index contributed by atoms with van der Waals surface area (Å²) in [6.07, 6.45) is 1.35. The van der Waals surface area contributed by atoms with Crippen molar-refractivity contribution in [2.24, 2.45) is 0 Å². The molecule has 0 atom stereocenters. The lowest BCUT2D eigenvalue weighted by molar-refractivity contribution is -0.116. The number of hydrogen-bond acceptors (Lipinski definition) is 6. The number of anilines is 1. The molecule has 1 N–H and O–H groups in total. The van der Waals surface area contributed by atoms with Crippen molar-refractivity contribution < 1.29 is 4.79 Å². The van der Waals surface area contributed by atoms with Gasteiger partial charge >= 0.3 is 0 Å². The van der Waals surface area contributed by atoms with Crippen molar-refractivity contribution in [3.05, 3.63) is 58.1 Å². The van der Waals surface area contributed by atoms with Gasteiger partial charge in [0.2, 0.25) is 5.91 Å². The number of benzene rings is 2. The molecule has 7 nitrogen and oxygen atoms in total. The third-order valence-corrected chi connectivity index (χ3v) is 4.44. The fraction of sp³-hybridized carbons (Fsp3) is 0.0625. The molecule has 0 spiro atoms. The normalized spacial score (nSPS) is 11.1. The third kappa shape index (κ3) is 2.97. The van der Waals surface area contributed by atoms with Crippen LogP contribution in [0.3, 0.4) is 0 Å². The zero-order chi connectivity index (χ0) is 17.4. The molecule has 25 heavy (non-hydrogen) atoms. The van der Waals surface area contributed by atoms with Gasteiger partial charge in [-0.3, -0.25) is 14.2 Å². The Bertz CT molecular complexity index is 1170. The lowest BCUT2D eigenvalue weighted by atomic mass is 10.2. The number of carbonyl (C=O) groups is 1. The van der Waals surface area contributed by atoms with E-state index in [0.29, 0.717) is 32.6 Å². The van der Waals surface area contributed by atoms with Gasteiger partial charge in [0.05, 0.1) is 34.6 Å². The van der Waals surface area contributed by atoms with E-state index in [2.05, 4.69) is 19.0 Å². The average Bonchev–Trinajstić information content (AvgIpc) is 3.08. The summed E-state index contributed by atoms with van der Waals surface area (Å²) in [7, 11) is 0. The minimum Gasteiger partial charge on any atom is -0.323 e. The van der Waals surface area contributed by atoms with Crippen LogP contribution in [0.15, 0.2) is 47.5 Å². The van der Waals surface area contributed by atoms with Gasteiger partial charge in [-0.05, 0) is 30.3 Å². The van der Waals surface area contributed by atoms with Gasteiger partial charge in [-0.15, -0.1) is 0 Å². The fourth-order valence-corrected chi connectivity index (χ4v) is 3.22. The number of halogens is 1. The Balaban J connectivity index is 1.63. The van der Waals surface area contributed by atoms with E-state index in [0.717, 1.165) is 11.7 Å². The monoisotopic (exact) mass is 371 g/mol. The Hall–Kier alpha value is -2.84. The number of amides is 1. The number of nitrogens with zero attached hydrogens (tertiary/aromatic N) is 4. The molecule has 0 radical (unpaired) electrons. The molecule has 2 aromatic heterocycles. The van der Waals surface area contributed by atoms with Crippen molar-refractivity contribution in [1.29, 1.82) is 0 Å². The van der Waals surface area contributed by atoms with Crippen LogP contribution in [-0.4, -0.2) is 24.2 Å². The first-order valence-corrected chi connectivity index (χ1v) is 8.38. The molecule has 0 aliphatic heterocycles. The summed E-state index contributed by atoms with van der Waals surface area (Å²) < 4.78 is 9.54. The van der Waals surface area contributed by atoms with Gasteiger partial charge < -0.3 is 5.32 Å². The van der Waals surface area contributed by atoms with Crippen LogP contribution in [0.4, 0.5) is 5.69 Å². The largest absolute Gasteiger partial charge is 0.323 e. The molecule has 2 heterocycles. The van der Waals surface area contributed by atoms with Gasteiger partial charge in [-0.25, -0.2) is 4.98 Å². The van der Waals surface area contributed by atoms with E-state index in [-0.39, 0.29) is 18.0 Å². The number of nitrogens with one attached hydrogen (secondary N) is 1. The Kier molecular flexibility index (Phi) is 3.90.